The van der Waals surface area contributed by atoms with Gasteiger partial charge in [0.15, 0.2) is 0 Å². The molecule has 0 heterocycles. The predicted octanol–water partition coefficient (Wildman–Crippen LogP) is 2.51. The normalized spacial score (nSPS) is 10.4. The van der Waals surface area contributed by atoms with Crippen molar-refractivity contribution < 1.29 is 29.3 Å². The number of hydrogen-bond acceptors (Lipinski definition) is 4. The smallest absolute Gasteiger partial charge is 0.337 e. The molecular formula is C12H10I3NO6. The maximum Gasteiger partial charge on any atom is 0.337 e. The maximum atomic E-state index is 12.0. The molecule has 10 heteroatoms. The van der Waals surface area contributed by atoms with Gasteiger partial charge in [-0.3, -0.25) is 4.79 Å². The molecule has 0 saturated heterocycles. The molecule has 1 aromatic rings. The van der Waals surface area contributed by atoms with Crippen LogP contribution in [0.2, 0.25) is 0 Å². The van der Waals surface area contributed by atoms with Gasteiger partial charge >= 0.3 is 11.9 Å². The first-order valence-corrected chi connectivity index (χ1v) is 8.81. The maximum absolute atomic E-state index is 12.0. The molecule has 0 bridgehead atoms. The number of likely N-dealkylation sites (N-methyl/N-ethyl adjacent to an activating group) is 1. The van der Waals surface area contributed by atoms with Gasteiger partial charge in [0.1, 0.15) is 6.61 Å². The largest absolute Gasteiger partial charge is 0.478 e. The monoisotopic (exact) mass is 645 g/mol. The molecule has 1 amide bonds. The lowest BCUT2D eigenvalue weighted by Crippen LogP contribution is -2.32. The molecule has 0 fully saturated rings. The zero-order valence-corrected chi connectivity index (χ0v) is 17.8. The van der Waals surface area contributed by atoms with Crippen LogP contribution in [0.4, 0.5) is 5.69 Å². The Kier molecular flexibility index (Phi) is 7.25. The number of carboxylic acid groups (broad SMARTS) is 2. The van der Waals surface area contributed by atoms with Crippen molar-refractivity contribution in [1.29, 1.82) is 0 Å². The fourth-order valence-corrected chi connectivity index (χ4v) is 6.48. The van der Waals surface area contributed by atoms with E-state index in [2.05, 4.69) is 0 Å². The summed E-state index contributed by atoms with van der Waals surface area (Å²) in [6.45, 7) is -0.195. The average Bonchev–Trinajstić information content (AvgIpc) is 2.37. The first-order chi connectivity index (χ1) is 10.1. The lowest BCUT2D eigenvalue weighted by molar-refractivity contribution is -0.121. The Morgan fingerprint density at radius 1 is 1.00 bits per heavy atom. The second kappa shape index (κ2) is 8.05. The van der Waals surface area contributed by atoms with E-state index in [1.165, 1.54) is 19.1 Å². The van der Waals surface area contributed by atoms with E-state index in [0.29, 0.717) is 7.14 Å². The fourth-order valence-electron chi connectivity index (χ4n) is 1.67. The third kappa shape index (κ3) is 3.81. The van der Waals surface area contributed by atoms with Crippen LogP contribution in [-0.4, -0.2) is 48.8 Å². The Bertz CT molecular complexity index is 620. The molecule has 0 atom stereocenters. The van der Waals surface area contributed by atoms with Crippen molar-refractivity contribution in [3.8, 4) is 0 Å². The van der Waals surface area contributed by atoms with Crippen LogP contribution in [0.5, 0.6) is 0 Å². The number of carboxylic acids is 2. The molecule has 0 aliphatic carbocycles. The second-order valence-corrected chi connectivity index (χ2v) is 7.27. The molecule has 0 saturated carbocycles. The van der Waals surface area contributed by atoms with Crippen LogP contribution in [0.15, 0.2) is 0 Å². The second-order valence-electron chi connectivity index (χ2n) is 4.04. The highest BCUT2D eigenvalue weighted by Gasteiger charge is 2.30. The number of carbonyl (C=O) groups is 3. The summed E-state index contributed by atoms with van der Waals surface area (Å²) >= 11 is 5.31. The van der Waals surface area contributed by atoms with Crippen LogP contribution < -0.4 is 4.90 Å². The van der Waals surface area contributed by atoms with Crippen LogP contribution in [-0.2, 0) is 9.53 Å². The van der Waals surface area contributed by atoms with Crippen molar-refractivity contribution in [2.45, 2.75) is 0 Å². The molecule has 22 heavy (non-hydrogen) atoms. The van der Waals surface area contributed by atoms with Gasteiger partial charge in [-0.05, 0) is 67.8 Å². The van der Waals surface area contributed by atoms with Crippen LogP contribution in [0.1, 0.15) is 20.7 Å². The van der Waals surface area contributed by atoms with Gasteiger partial charge in [0.25, 0.3) is 5.91 Å². The molecular weight excluding hydrogens is 635 g/mol. The molecule has 0 aliphatic rings. The van der Waals surface area contributed by atoms with Gasteiger partial charge in [-0.25, -0.2) is 9.59 Å². The zero-order chi connectivity index (χ0) is 17.2. The number of ether oxygens (including phenoxy) is 1. The number of benzene rings is 1. The third-order valence-electron chi connectivity index (χ3n) is 2.70. The summed E-state index contributed by atoms with van der Waals surface area (Å²) in [7, 11) is 2.81. The number of hydrogen-bond donors (Lipinski definition) is 2. The fraction of sp³-hybridized carbons (Fsp3) is 0.250. The number of amides is 1. The Balaban J connectivity index is 3.74. The Hall–Kier alpha value is -0.220. The Labute approximate surface area is 166 Å². The first-order valence-electron chi connectivity index (χ1n) is 5.57. The summed E-state index contributed by atoms with van der Waals surface area (Å²) < 4.78 is 5.51. The highest BCUT2D eigenvalue weighted by Crippen LogP contribution is 2.37. The lowest BCUT2D eigenvalue weighted by atomic mass is 10.1. The molecule has 2 N–H and O–H groups in total. The standard InChI is InChI=1S/C12H10I3NO6/c1-16(4(17)3-22-2)10-8(14)5(11(18)19)7(13)6(9(10)15)12(20)21/h3H2,1-2H3,(H,18,19)(H,20,21). The third-order valence-corrected chi connectivity index (χ3v) is 5.88. The number of aromatic carboxylic acids is 2. The Morgan fingerprint density at radius 2 is 1.41 bits per heavy atom. The summed E-state index contributed by atoms with van der Waals surface area (Å²) in [5.41, 5.74) is -0.0179. The van der Waals surface area contributed by atoms with Crippen LogP contribution >= 0.6 is 67.8 Å². The van der Waals surface area contributed by atoms with Crippen LogP contribution in [0.25, 0.3) is 0 Å². The van der Waals surface area contributed by atoms with Crippen molar-refractivity contribution in [2.75, 3.05) is 25.7 Å². The van der Waals surface area contributed by atoms with Crippen molar-refractivity contribution >= 4 is 91.3 Å². The van der Waals surface area contributed by atoms with E-state index in [-0.39, 0.29) is 27.0 Å². The van der Waals surface area contributed by atoms with E-state index in [9.17, 15) is 24.6 Å². The summed E-state index contributed by atoms with van der Waals surface area (Å²) in [5.74, 6) is -2.91. The molecule has 7 nitrogen and oxygen atoms in total. The van der Waals surface area contributed by atoms with E-state index in [0.717, 1.165) is 0 Å². The number of nitrogens with zero attached hydrogens (tertiary/aromatic N) is 1. The zero-order valence-electron chi connectivity index (χ0n) is 11.3. The number of carbonyl (C=O) groups excluding carboxylic acids is 1. The van der Waals surface area contributed by atoms with Gasteiger partial charge in [-0.1, -0.05) is 0 Å². The quantitative estimate of drug-likeness (QED) is 0.478. The highest BCUT2D eigenvalue weighted by atomic mass is 127. The number of halogens is 3. The first kappa shape index (κ1) is 19.8. The van der Waals surface area contributed by atoms with E-state index in [1.807, 2.05) is 0 Å². The van der Waals surface area contributed by atoms with Crippen molar-refractivity contribution in [1.82, 2.24) is 0 Å². The highest BCUT2D eigenvalue weighted by molar-refractivity contribution is 14.1. The molecule has 120 valence electrons. The van der Waals surface area contributed by atoms with Gasteiger partial charge in [-0.2, -0.15) is 0 Å². The number of anilines is 1. The van der Waals surface area contributed by atoms with Crippen molar-refractivity contribution in [2.24, 2.45) is 0 Å². The molecule has 0 spiro atoms. The van der Waals surface area contributed by atoms with Crippen molar-refractivity contribution in [3.63, 3.8) is 0 Å². The lowest BCUT2D eigenvalue weighted by Gasteiger charge is -2.23. The molecule has 0 unspecified atom stereocenters. The minimum absolute atomic E-state index is 0.128. The van der Waals surface area contributed by atoms with Gasteiger partial charge in [0.2, 0.25) is 0 Å². The summed E-state index contributed by atoms with van der Waals surface area (Å²) in [5, 5.41) is 18.7. The van der Waals surface area contributed by atoms with E-state index in [4.69, 9.17) is 4.74 Å². The minimum atomic E-state index is -1.25. The van der Waals surface area contributed by atoms with Gasteiger partial charge in [0.05, 0.1) is 24.0 Å². The topological polar surface area (TPSA) is 104 Å². The van der Waals surface area contributed by atoms with Gasteiger partial charge < -0.3 is 19.8 Å². The van der Waals surface area contributed by atoms with E-state index < -0.39 is 17.8 Å². The summed E-state index contributed by atoms with van der Waals surface area (Å²) in [6.07, 6.45) is 0. The molecule has 1 aromatic carbocycles. The predicted molar refractivity (Wildman–Crippen MR) is 104 cm³/mol. The molecule has 0 aromatic heterocycles. The SMILES string of the molecule is COCC(=O)N(C)c1c(I)c(C(=O)O)c(I)c(C(=O)O)c1I. The molecule has 0 radical (unpaired) electrons. The number of methoxy groups -OCH3 is 1. The molecule has 0 aliphatic heterocycles. The van der Waals surface area contributed by atoms with Gasteiger partial charge in [0, 0.05) is 17.7 Å². The van der Waals surface area contributed by atoms with Crippen LogP contribution in [0, 0.1) is 10.7 Å². The van der Waals surface area contributed by atoms with Crippen molar-refractivity contribution in [3.05, 3.63) is 21.8 Å². The van der Waals surface area contributed by atoms with E-state index >= 15 is 0 Å². The minimum Gasteiger partial charge on any atom is -0.478 e. The van der Waals surface area contributed by atoms with Gasteiger partial charge in [-0.15, -0.1) is 0 Å². The van der Waals surface area contributed by atoms with Crippen LogP contribution in [0.3, 0.4) is 0 Å². The molecule has 1 rings (SSSR count). The average molecular weight is 645 g/mol. The number of rotatable bonds is 5. The Morgan fingerprint density at radius 3 is 1.73 bits per heavy atom. The van der Waals surface area contributed by atoms with E-state index in [1.54, 1.807) is 67.8 Å². The summed E-state index contributed by atoms with van der Waals surface area (Å²) in [6, 6.07) is 0. The summed E-state index contributed by atoms with van der Waals surface area (Å²) in [4.78, 5) is 36.1.